The molecule has 16 heteroatoms. The first-order valence-electron chi connectivity index (χ1n) is 22.0. The van der Waals surface area contributed by atoms with Crippen molar-refractivity contribution < 1.29 is 59.5 Å². The number of aliphatic imine (C=N–C) groups is 1. The fraction of sp³-hybridized carbons (Fsp3) is 0.479. The molecule has 64 heavy (non-hydrogen) atoms. The molecule has 340 valence electrons. The lowest BCUT2D eigenvalue weighted by Gasteiger charge is -2.44. The summed E-state index contributed by atoms with van der Waals surface area (Å²) in [7, 11) is 0. The van der Waals surface area contributed by atoms with Crippen molar-refractivity contribution in [3.8, 4) is 17.2 Å². The number of fused-ring (bicyclic) bond motifs is 4. The van der Waals surface area contributed by atoms with Crippen LogP contribution in [0.15, 0.2) is 80.2 Å². The van der Waals surface area contributed by atoms with Gasteiger partial charge in [0.05, 0.1) is 29.6 Å². The van der Waals surface area contributed by atoms with E-state index in [1.807, 2.05) is 24.1 Å². The molecule has 9 rings (SSSR count). The predicted octanol–water partition coefficient (Wildman–Crippen LogP) is 3.87. The van der Waals surface area contributed by atoms with Crippen molar-refractivity contribution in [2.75, 3.05) is 31.2 Å². The summed E-state index contributed by atoms with van der Waals surface area (Å²) >= 11 is 0. The van der Waals surface area contributed by atoms with Crippen molar-refractivity contribution in [1.82, 2.24) is 5.32 Å². The van der Waals surface area contributed by atoms with Crippen LogP contribution < -0.4 is 20.4 Å². The largest absolute Gasteiger partial charge is 0.508 e. The van der Waals surface area contributed by atoms with Crippen LogP contribution in [0.4, 0.5) is 5.69 Å². The molecular weight excluding hydrogens is 827 g/mol. The SMILES string of the molecule is Cc1cc(=O)c2cc3c(c(N4C=C5N=CC=C5C4)c2o1)O[C@](C)(CC[C@@H]1CNC(=O)C12CCCCC2)[C@H](OOC[C@@](O)(Cc1ccc(O)c2ccc(O)cc12)[C@@H](O)[C@H](O)[C@H](O)CO)C3. The minimum atomic E-state index is -2.41. The van der Waals surface area contributed by atoms with Gasteiger partial charge < -0.3 is 55.1 Å². The number of nitrogens with zero attached hydrogens (tertiary/aromatic N) is 2. The summed E-state index contributed by atoms with van der Waals surface area (Å²) in [5.41, 5.74) is -0.660. The van der Waals surface area contributed by atoms with E-state index in [2.05, 4.69) is 10.3 Å². The zero-order valence-corrected chi connectivity index (χ0v) is 35.8. The Morgan fingerprint density at radius 1 is 1.03 bits per heavy atom. The van der Waals surface area contributed by atoms with Gasteiger partial charge in [-0.3, -0.25) is 14.6 Å². The molecule has 8 N–H and O–H groups in total. The van der Waals surface area contributed by atoms with Crippen molar-refractivity contribution in [3.05, 3.63) is 93.1 Å². The van der Waals surface area contributed by atoms with E-state index in [0.29, 0.717) is 76.0 Å². The molecule has 4 aliphatic heterocycles. The van der Waals surface area contributed by atoms with Crippen LogP contribution in [0.1, 0.15) is 68.8 Å². The number of hydrogen-bond acceptors (Lipinski definition) is 15. The Morgan fingerprint density at radius 2 is 1.83 bits per heavy atom. The Bertz CT molecular complexity index is 2630. The molecule has 1 saturated carbocycles. The number of aliphatic hydroxyl groups excluding tert-OH is 4. The Hall–Kier alpha value is -5.33. The number of hydrogen-bond donors (Lipinski definition) is 8. The maximum Gasteiger partial charge on any atom is 0.226 e. The van der Waals surface area contributed by atoms with E-state index in [4.69, 9.17) is 18.9 Å². The number of aliphatic hydroxyl groups is 5. The van der Waals surface area contributed by atoms with E-state index in [-0.39, 0.29) is 35.2 Å². The molecule has 16 nitrogen and oxygen atoms in total. The molecule has 1 aromatic heterocycles. The predicted molar refractivity (Wildman–Crippen MR) is 235 cm³/mol. The molecule has 1 spiro atoms. The van der Waals surface area contributed by atoms with E-state index < -0.39 is 60.7 Å². The fourth-order valence-electron chi connectivity index (χ4n) is 10.6. The highest BCUT2D eigenvalue weighted by atomic mass is 17.2. The zero-order valence-electron chi connectivity index (χ0n) is 35.8. The summed E-state index contributed by atoms with van der Waals surface area (Å²) in [6, 6.07) is 10.3. The second kappa shape index (κ2) is 16.9. The number of aromatic hydroxyl groups is 2. The number of phenols is 2. The summed E-state index contributed by atoms with van der Waals surface area (Å²) in [6.45, 7) is 2.89. The van der Waals surface area contributed by atoms with Crippen LogP contribution in [-0.2, 0) is 27.4 Å². The Labute approximate surface area is 368 Å². The van der Waals surface area contributed by atoms with Gasteiger partial charge in [0.1, 0.15) is 65.2 Å². The number of aryl methyl sites for hydroxylation is 1. The lowest BCUT2D eigenvalue weighted by Crippen LogP contribution is -2.58. The van der Waals surface area contributed by atoms with Crippen molar-refractivity contribution in [2.45, 2.75) is 107 Å². The quantitative estimate of drug-likeness (QED) is 0.0663. The summed E-state index contributed by atoms with van der Waals surface area (Å²) in [4.78, 5) is 45.8. The molecule has 0 unspecified atom stereocenters. The number of ether oxygens (including phenoxy) is 1. The normalized spacial score (nSPS) is 24.8. The van der Waals surface area contributed by atoms with Crippen molar-refractivity contribution >= 4 is 39.6 Å². The minimum Gasteiger partial charge on any atom is -0.508 e. The number of anilines is 1. The van der Waals surface area contributed by atoms with Gasteiger partial charge in [-0.15, -0.1) is 0 Å². The Morgan fingerprint density at radius 3 is 2.59 bits per heavy atom. The van der Waals surface area contributed by atoms with Gasteiger partial charge in [0, 0.05) is 54.4 Å². The minimum absolute atomic E-state index is 0.0205. The molecule has 5 heterocycles. The van der Waals surface area contributed by atoms with Crippen LogP contribution in [-0.4, -0.2) is 110 Å². The van der Waals surface area contributed by atoms with Gasteiger partial charge in [-0.25, -0.2) is 9.78 Å². The lowest BCUT2D eigenvalue weighted by molar-refractivity contribution is -0.371. The van der Waals surface area contributed by atoms with Crippen LogP contribution >= 0.6 is 0 Å². The summed E-state index contributed by atoms with van der Waals surface area (Å²) in [5, 5.41) is 79.9. The van der Waals surface area contributed by atoms with Crippen molar-refractivity contribution in [3.63, 3.8) is 0 Å². The first-order chi connectivity index (χ1) is 30.6. The number of nitrogens with one attached hydrogen (secondary N) is 1. The zero-order chi connectivity index (χ0) is 45.1. The van der Waals surface area contributed by atoms with E-state index in [9.17, 15) is 45.3 Å². The molecule has 0 bridgehead atoms. The Balaban J connectivity index is 1.08. The average molecular weight is 882 g/mol. The average Bonchev–Trinajstić information content (AvgIpc) is 3.97. The molecule has 3 aromatic carbocycles. The molecule has 7 atom stereocenters. The van der Waals surface area contributed by atoms with Gasteiger partial charge >= 0.3 is 0 Å². The highest BCUT2D eigenvalue weighted by molar-refractivity contribution is 5.96. The maximum atomic E-state index is 13.6. The van der Waals surface area contributed by atoms with Gasteiger partial charge in [0.2, 0.25) is 5.91 Å². The molecule has 5 aliphatic rings. The molecule has 2 fully saturated rings. The number of carbonyl (C=O) groups excluding carboxylic acids is 1. The van der Waals surface area contributed by atoms with Crippen molar-refractivity contribution in [2.24, 2.45) is 16.3 Å². The highest BCUT2D eigenvalue weighted by Crippen LogP contribution is 2.52. The number of phenolic OH excluding ortho intramolecular Hbond substituents is 2. The first-order valence-corrected chi connectivity index (χ1v) is 22.0. The molecule has 1 amide bonds. The summed E-state index contributed by atoms with van der Waals surface area (Å²) in [5.74, 6) is 0.791. The number of allylic oxidation sites excluding steroid dienone is 1. The lowest BCUT2D eigenvalue weighted by atomic mass is 9.65. The van der Waals surface area contributed by atoms with E-state index in [1.165, 1.54) is 36.4 Å². The Kier molecular flexibility index (Phi) is 11.6. The molecule has 0 radical (unpaired) electrons. The molecule has 4 aromatic rings. The molecular formula is C48H55N3O13. The number of benzene rings is 3. The summed E-state index contributed by atoms with van der Waals surface area (Å²) < 4.78 is 13.5. The van der Waals surface area contributed by atoms with Gasteiger partial charge in [0.15, 0.2) is 16.8 Å². The van der Waals surface area contributed by atoms with Crippen LogP contribution in [0, 0.1) is 18.3 Å². The van der Waals surface area contributed by atoms with Gasteiger partial charge in [-0.1, -0.05) is 25.3 Å². The number of carbonyl (C=O) groups is 1. The molecule has 1 aliphatic carbocycles. The standard InChI is InChI=1S/C48H55N3O13/c1-26-16-37(55)34-17-29-18-39(64-61-25-48(60,44(58)41(57)38(56)24-52)20-27-6-9-36(54)32-8-7-31(53)19-33(27)32)46(2,14-10-30-21-50-45(59)47(30)12-4-3-5-13-47)63-42(29)40(43(34)62-26)51-22-28-11-15-49-35(28)23-51/h6-9,11,15-17,19,23,30,38-39,41,44,52-54,56-58,60H,3-5,10,12-14,18,20-22,24-25H2,1-2H3,(H,50,59)/t30-,38-,39-,41-,44+,46-,48+/m1/s1. The van der Waals surface area contributed by atoms with E-state index >= 15 is 0 Å². The second-order valence-electron chi connectivity index (χ2n) is 18.5. The van der Waals surface area contributed by atoms with E-state index in [0.717, 1.165) is 43.4 Å². The van der Waals surface area contributed by atoms with Gasteiger partial charge in [0.25, 0.3) is 0 Å². The topological polar surface area (TPSA) is 244 Å². The fourth-order valence-corrected chi connectivity index (χ4v) is 10.6. The maximum absolute atomic E-state index is 13.6. The second-order valence-corrected chi connectivity index (χ2v) is 18.5. The third-order valence-corrected chi connectivity index (χ3v) is 14.3. The van der Waals surface area contributed by atoms with E-state index in [1.54, 1.807) is 19.2 Å². The van der Waals surface area contributed by atoms with Crippen LogP contribution in [0.25, 0.3) is 21.7 Å². The van der Waals surface area contributed by atoms with Crippen LogP contribution in [0.3, 0.4) is 0 Å². The highest BCUT2D eigenvalue weighted by Gasteiger charge is 2.53. The first kappa shape index (κ1) is 43.9. The van der Waals surface area contributed by atoms with Crippen molar-refractivity contribution in [1.29, 1.82) is 0 Å². The smallest absolute Gasteiger partial charge is 0.226 e. The third kappa shape index (κ3) is 7.74. The molecule has 1 saturated heterocycles. The third-order valence-electron chi connectivity index (χ3n) is 14.3. The van der Waals surface area contributed by atoms with Crippen LogP contribution in [0.2, 0.25) is 0 Å². The number of rotatable bonds is 14. The monoisotopic (exact) mass is 881 g/mol. The summed E-state index contributed by atoms with van der Waals surface area (Å²) in [6.07, 6.45) is 3.99. The number of amides is 1. The van der Waals surface area contributed by atoms with Gasteiger partial charge in [-0.2, -0.15) is 0 Å². The van der Waals surface area contributed by atoms with Crippen LogP contribution in [0.5, 0.6) is 17.2 Å². The van der Waals surface area contributed by atoms with Gasteiger partial charge in [-0.05, 0) is 92.8 Å².